The maximum atomic E-state index is 7.94. The summed E-state index contributed by atoms with van der Waals surface area (Å²) in [5.41, 5.74) is 4.24. The van der Waals surface area contributed by atoms with Gasteiger partial charge in [-0.3, -0.25) is 5.10 Å². The Bertz CT molecular complexity index is 886. The van der Waals surface area contributed by atoms with E-state index in [1.165, 1.54) is 37.8 Å². The number of hydrogen-bond donors (Lipinski definition) is 1. The van der Waals surface area contributed by atoms with Crippen LogP contribution in [0.2, 0.25) is 5.02 Å². The van der Waals surface area contributed by atoms with Gasteiger partial charge in [0.15, 0.2) is 5.82 Å². The molecule has 2 aromatic rings. The number of nitrogens with zero attached hydrogens (tertiary/aromatic N) is 3. The van der Waals surface area contributed by atoms with Crippen LogP contribution in [0.25, 0.3) is 4.85 Å². The van der Waals surface area contributed by atoms with Crippen molar-refractivity contribution in [2.75, 3.05) is 0 Å². The fraction of sp³-hybridized carbons (Fsp3) is 0.500. The van der Waals surface area contributed by atoms with E-state index in [0.717, 1.165) is 40.5 Å². The number of benzene rings is 1. The van der Waals surface area contributed by atoms with Gasteiger partial charge in [-0.2, -0.15) is 5.10 Å². The van der Waals surface area contributed by atoms with Gasteiger partial charge in [0.2, 0.25) is 0 Å². The number of aliphatic imine (C=N–C) groups is 1. The first kappa shape index (κ1) is 18.3. The Kier molecular flexibility index (Phi) is 5.31. The summed E-state index contributed by atoms with van der Waals surface area (Å²) >= 11 is 6.60. The van der Waals surface area contributed by atoms with Crippen molar-refractivity contribution in [3.8, 4) is 0 Å². The molecule has 2 heterocycles. The summed E-state index contributed by atoms with van der Waals surface area (Å²) in [4.78, 5) is 8.86. The maximum Gasteiger partial charge on any atom is 0.272 e. The predicted molar refractivity (Wildman–Crippen MR) is 110 cm³/mol. The third-order valence-corrected chi connectivity index (χ3v) is 6.27. The van der Waals surface area contributed by atoms with E-state index in [2.05, 4.69) is 28.0 Å². The third kappa shape index (κ3) is 3.30. The normalized spacial score (nSPS) is 22.8. The Labute approximate surface area is 165 Å². The highest BCUT2D eigenvalue weighted by atomic mass is 35.5. The summed E-state index contributed by atoms with van der Waals surface area (Å²) < 4.78 is 0. The van der Waals surface area contributed by atoms with Crippen LogP contribution < -0.4 is 0 Å². The largest absolute Gasteiger partial charge is 0.306 e. The van der Waals surface area contributed by atoms with E-state index in [-0.39, 0.29) is 12.0 Å². The first-order valence-corrected chi connectivity index (χ1v) is 10.4. The van der Waals surface area contributed by atoms with Gasteiger partial charge < -0.3 is 4.85 Å². The topological polar surface area (TPSA) is 45.4 Å². The van der Waals surface area contributed by atoms with Gasteiger partial charge in [0.05, 0.1) is 5.92 Å². The zero-order valence-electron chi connectivity index (χ0n) is 15.7. The lowest BCUT2D eigenvalue weighted by Crippen LogP contribution is -2.30. The molecule has 5 heteroatoms. The van der Waals surface area contributed by atoms with E-state index in [0.29, 0.717) is 5.92 Å². The second-order valence-electron chi connectivity index (χ2n) is 7.64. The molecule has 27 heavy (non-hydrogen) atoms. The van der Waals surface area contributed by atoms with Crippen molar-refractivity contribution in [1.29, 1.82) is 0 Å². The van der Waals surface area contributed by atoms with Crippen molar-refractivity contribution < 1.29 is 0 Å². The molecular formula is C22H25ClN4. The highest BCUT2D eigenvalue weighted by Crippen LogP contribution is 2.47. The lowest BCUT2D eigenvalue weighted by atomic mass is 9.76. The monoisotopic (exact) mass is 380 g/mol. The van der Waals surface area contributed by atoms with Crippen LogP contribution in [0.1, 0.15) is 80.5 Å². The first-order chi connectivity index (χ1) is 13.2. The highest BCUT2D eigenvalue weighted by Gasteiger charge is 2.43. The fourth-order valence-corrected chi connectivity index (χ4v) is 4.92. The number of aromatic amines is 1. The zero-order chi connectivity index (χ0) is 18.8. The molecule has 1 aromatic heterocycles. The molecule has 1 N–H and O–H groups in total. The Hall–Kier alpha value is -2.12. The van der Waals surface area contributed by atoms with Crippen LogP contribution in [-0.2, 0) is 0 Å². The Balaban J connectivity index is 1.89. The summed E-state index contributed by atoms with van der Waals surface area (Å²) in [6.45, 7) is 10.1. The van der Waals surface area contributed by atoms with E-state index in [1.807, 2.05) is 18.2 Å². The molecule has 1 aliphatic carbocycles. The Morgan fingerprint density at radius 1 is 1.22 bits per heavy atom. The minimum atomic E-state index is -0.308. The van der Waals surface area contributed by atoms with Gasteiger partial charge in [-0.25, -0.2) is 11.6 Å². The van der Waals surface area contributed by atoms with Gasteiger partial charge in [0, 0.05) is 22.2 Å². The second kappa shape index (κ2) is 7.86. The average Bonchev–Trinajstić information content (AvgIpc) is 3.12. The van der Waals surface area contributed by atoms with Crippen LogP contribution in [0, 0.1) is 6.57 Å². The van der Waals surface area contributed by atoms with Gasteiger partial charge in [-0.05, 0) is 30.9 Å². The standard InChI is InChI=1S/C22H25ClN4/c1-3-9-17-21(24-2)18(15-12-7-8-13-16(15)23)19-20(26-27-22(19)25-17)14-10-5-4-6-11-14/h7-8,12-14,18,21H,3-6,9-11H2,1H3,(H,26,27). The van der Waals surface area contributed by atoms with E-state index in [9.17, 15) is 0 Å². The van der Waals surface area contributed by atoms with E-state index in [4.69, 9.17) is 23.2 Å². The molecular weight excluding hydrogens is 356 g/mol. The van der Waals surface area contributed by atoms with Crippen molar-refractivity contribution in [3.05, 3.63) is 57.5 Å². The Morgan fingerprint density at radius 3 is 2.70 bits per heavy atom. The van der Waals surface area contributed by atoms with Crippen LogP contribution in [0.5, 0.6) is 0 Å². The molecule has 1 saturated carbocycles. The molecule has 0 radical (unpaired) electrons. The van der Waals surface area contributed by atoms with Gasteiger partial charge in [0.1, 0.15) is 5.71 Å². The summed E-state index contributed by atoms with van der Waals surface area (Å²) in [7, 11) is 0. The minimum absolute atomic E-state index is 0.0964. The van der Waals surface area contributed by atoms with Gasteiger partial charge in [0.25, 0.3) is 6.04 Å². The molecule has 1 aromatic carbocycles. The molecule has 1 fully saturated rings. The molecule has 1 aliphatic heterocycles. The first-order valence-electron chi connectivity index (χ1n) is 10.0. The molecule has 2 aliphatic rings. The number of halogens is 1. The minimum Gasteiger partial charge on any atom is -0.306 e. The molecule has 0 saturated heterocycles. The van der Waals surface area contributed by atoms with Crippen molar-refractivity contribution >= 4 is 23.1 Å². The van der Waals surface area contributed by atoms with E-state index < -0.39 is 0 Å². The lowest BCUT2D eigenvalue weighted by molar-refractivity contribution is 0.433. The third-order valence-electron chi connectivity index (χ3n) is 5.93. The summed E-state index contributed by atoms with van der Waals surface area (Å²) in [6.07, 6.45) is 7.96. The van der Waals surface area contributed by atoms with Crippen LogP contribution >= 0.6 is 11.6 Å². The lowest BCUT2D eigenvalue weighted by Gasteiger charge is -2.28. The molecule has 140 valence electrons. The molecule has 2 atom stereocenters. The number of H-pyrrole nitrogens is 1. The van der Waals surface area contributed by atoms with Crippen molar-refractivity contribution in [2.24, 2.45) is 4.99 Å². The number of hydrogen-bond acceptors (Lipinski definition) is 2. The number of fused-ring (bicyclic) bond motifs is 1. The summed E-state index contributed by atoms with van der Waals surface area (Å²) in [6, 6.07) is 7.62. The fourth-order valence-electron chi connectivity index (χ4n) is 4.66. The predicted octanol–water partition coefficient (Wildman–Crippen LogP) is 6.42. The average molecular weight is 381 g/mol. The number of aromatic nitrogens is 2. The molecule has 2 unspecified atom stereocenters. The van der Waals surface area contributed by atoms with Crippen molar-refractivity contribution in [3.63, 3.8) is 0 Å². The second-order valence-corrected chi connectivity index (χ2v) is 8.04. The van der Waals surface area contributed by atoms with Crippen molar-refractivity contribution in [2.45, 2.75) is 69.7 Å². The quantitative estimate of drug-likeness (QED) is 0.611. The van der Waals surface area contributed by atoms with E-state index >= 15 is 0 Å². The summed E-state index contributed by atoms with van der Waals surface area (Å²) in [5.74, 6) is 1.15. The zero-order valence-corrected chi connectivity index (χ0v) is 16.5. The maximum absolute atomic E-state index is 7.94. The van der Waals surface area contributed by atoms with Crippen LogP contribution in [-0.4, -0.2) is 22.0 Å². The van der Waals surface area contributed by atoms with E-state index in [1.54, 1.807) is 0 Å². The van der Waals surface area contributed by atoms with Gasteiger partial charge >= 0.3 is 0 Å². The highest BCUT2D eigenvalue weighted by molar-refractivity contribution is 6.31. The molecule has 0 bridgehead atoms. The van der Waals surface area contributed by atoms with Gasteiger partial charge in [-0.15, -0.1) is 0 Å². The molecule has 4 nitrogen and oxygen atoms in total. The van der Waals surface area contributed by atoms with Gasteiger partial charge in [-0.1, -0.05) is 62.4 Å². The molecule has 0 spiro atoms. The Morgan fingerprint density at radius 2 is 2.00 bits per heavy atom. The van der Waals surface area contributed by atoms with Crippen LogP contribution in [0.4, 0.5) is 5.82 Å². The van der Waals surface area contributed by atoms with Crippen LogP contribution in [0.3, 0.4) is 0 Å². The van der Waals surface area contributed by atoms with Crippen molar-refractivity contribution in [1.82, 2.24) is 10.2 Å². The van der Waals surface area contributed by atoms with Crippen LogP contribution in [0.15, 0.2) is 29.3 Å². The summed E-state index contributed by atoms with van der Waals surface area (Å²) in [5, 5.41) is 8.61. The molecule has 4 rings (SSSR count). The number of nitrogens with one attached hydrogen (secondary N) is 1. The smallest absolute Gasteiger partial charge is 0.272 e. The SMILES string of the molecule is [C-]#[N+]C1C(CCC)=Nc2n[nH]c(C3CCCCC3)c2C1c1ccccc1Cl. The molecule has 0 amide bonds. The number of rotatable bonds is 4.